The largest absolute Gasteiger partial charge is 0.459 e. The standard InChI is InChI=1S/C15H22N2O6S/c1-3-4-7-22-8-9-24(20,21)17-15(19)13-5-6-14(16-10-13)11-23-12(2)18/h5-6,10H,3-4,7-9,11H2,1-2H3,(H,17,19). The van der Waals surface area contributed by atoms with Crippen molar-refractivity contribution in [3.8, 4) is 0 Å². The number of hydrogen-bond acceptors (Lipinski definition) is 7. The number of hydrogen-bond donors (Lipinski definition) is 1. The van der Waals surface area contributed by atoms with Gasteiger partial charge in [-0.3, -0.25) is 14.6 Å². The number of unbranched alkanes of at least 4 members (excludes halogenated alkanes) is 1. The molecule has 0 saturated heterocycles. The SMILES string of the molecule is CCCCOCCS(=O)(=O)NC(=O)c1ccc(COC(C)=O)nc1. The summed E-state index contributed by atoms with van der Waals surface area (Å²) >= 11 is 0. The van der Waals surface area contributed by atoms with Gasteiger partial charge in [-0.05, 0) is 18.6 Å². The first-order valence-electron chi connectivity index (χ1n) is 7.55. The number of sulfonamides is 1. The average molecular weight is 358 g/mol. The lowest BCUT2D eigenvalue weighted by Crippen LogP contribution is -2.34. The predicted octanol–water partition coefficient (Wildman–Crippen LogP) is 1.02. The summed E-state index contributed by atoms with van der Waals surface area (Å²) in [5, 5.41) is 0. The summed E-state index contributed by atoms with van der Waals surface area (Å²) in [5.74, 6) is -1.50. The Morgan fingerprint density at radius 2 is 2.00 bits per heavy atom. The molecule has 1 amide bonds. The van der Waals surface area contributed by atoms with Crippen LogP contribution in [0.2, 0.25) is 0 Å². The lowest BCUT2D eigenvalue weighted by Gasteiger charge is -2.08. The van der Waals surface area contributed by atoms with E-state index in [4.69, 9.17) is 9.47 Å². The van der Waals surface area contributed by atoms with Crippen molar-refractivity contribution < 1.29 is 27.5 Å². The summed E-state index contributed by atoms with van der Waals surface area (Å²) in [6, 6.07) is 2.90. The summed E-state index contributed by atoms with van der Waals surface area (Å²) in [4.78, 5) is 26.6. The van der Waals surface area contributed by atoms with Crippen molar-refractivity contribution in [1.29, 1.82) is 0 Å². The van der Waals surface area contributed by atoms with Crippen molar-refractivity contribution in [3.63, 3.8) is 0 Å². The van der Waals surface area contributed by atoms with Crippen LogP contribution in [0.1, 0.15) is 42.7 Å². The van der Waals surface area contributed by atoms with E-state index in [1.54, 1.807) is 0 Å². The number of ether oxygens (including phenoxy) is 2. The second kappa shape index (κ2) is 9.99. The number of nitrogens with one attached hydrogen (secondary N) is 1. The Kier molecular flexibility index (Phi) is 8.34. The van der Waals surface area contributed by atoms with Crippen molar-refractivity contribution in [2.24, 2.45) is 0 Å². The fourth-order valence-corrected chi connectivity index (χ4v) is 2.43. The van der Waals surface area contributed by atoms with Crippen LogP contribution < -0.4 is 4.72 Å². The number of nitrogens with zero attached hydrogens (tertiary/aromatic N) is 1. The zero-order valence-electron chi connectivity index (χ0n) is 13.8. The van der Waals surface area contributed by atoms with Crippen LogP contribution in [0.5, 0.6) is 0 Å². The monoisotopic (exact) mass is 358 g/mol. The fraction of sp³-hybridized carbons (Fsp3) is 0.533. The zero-order chi connectivity index (χ0) is 18.0. The van der Waals surface area contributed by atoms with Gasteiger partial charge in [0.25, 0.3) is 5.91 Å². The zero-order valence-corrected chi connectivity index (χ0v) is 14.6. The second-order valence-electron chi connectivity index (χ2n) is 5.03. The van der Waals surface area contributed by atoms with Crippen molar-refractivity contribution in [2.45, 2.75) is 33.3 Å². The number of aromatic nitrogens is 1. The van der Waals surface area contributed by atoms with Crippen molar-refractivity contribution in [1.82, 2.24) is 9.71 Å². The molecule has 134 valence electrons. The molecule has 24 heavy (non-hydrogen) atoms. The first-order valence-corrected chi connectivity index (χ1v) is 9.20. The van der Waals surface area contributed by atoms with Gasteiger partial charge < -0.3 is 9.47 Å². The Bertz CT molecular complexity index is 642. The highest BCUT2D eigenvalue weighted by atomic mass is 32.2. The minimum Gasteiger partial charge on any atom is -0.459 e. The molecule has 0 aromatic carbocycles. The van der Waals surface area contributed by atoms with Gasteiger partial charge in [0.15, 0.2) is 0 Å². The third-order valence-electron chi connectivity index (χ3n) is 2.90. The normalized spacial score (nSPS) is 11.1. The van der Waals surface area contributed by atoms with Crippen LogP contribution in [-0.4, -0.2) is 44.2 Å². The van der Waals surface area contributed by atoms with Crippen LogP contribution in [0.15, 0.2) is 18.3 Å². The lowest BCUT2D eigenvalue weighted by molar-refractivity contribution is -0.142. The molecule has 0 aliphatic rings. The van der Waals surface area contributed by atoms with Crippen LogP contribution in [0.4, 0.5) is 0 Å². The Morgan fingerprint density at radius 3 is 2.58 bits per heavy atom. The molecule has 0 aliphatic heterocycles. The molecule has 0 spiro atoms. The van der Waals surface area contributed by atoms with Crippen LogP contribution in [0, 0.1) is 0 Å². The molecule has 0 radical (unpaired) electrons. The minimum atomic E-state index is -3.77. The Labute approximate surface area is 141 Å². The van der Waals surface area contributed by atoms with Gasteiger partial charge in [0.1, 0.15) is 6.61 Å². The molecule has 0 fully saturated rings. The third-order valence-corrected chi connectivity index (χ3v) is 4.10. The molecular formula is C15H22N2O6S. The minimum absolute atomic E-state index is 0.00930. The molecule has 1 aromatic heterocycles. The number of amides is 1. The summed E-state index contributed by atoms with van der Waals surface area (Å²) in [5.41, 5.74) is 0.547. The molecule has 0 atom stereocenters. The number of esters is 1. The van der Waals surface area contributed by atoms with E-state index in [1.807, 2.05) is 11.6 Å². The first-order chi connectivity index (χ1) is 11.3. The lowest BCUT2D eigenvalue weighted by atomic mass is 10.2. The van der Waals surface area contributed by atoms with Gasteiger partial charge in [-0.2, -0.15) is 0 Å². The quantitative estimate of drug-likeness (QED) is 0.491. The van der Waals surface area contributed by atoms with Crippen LogP contribution in [0.3, 0.4) is 0 Å². The Hall–Kier alpha value is -2.00. The highest BCUT2D eigenvalue weighted by Gasteiger charge is 2.16. The van der Waals surface area contributed by atoms with Crippen LogP contribution in [-0.2, 0) is 30.9 Å². The molecule has 1 aromatic rings. The maximum Gasteiger partial charge on any atom is 0.303 e. The molecule has 9 heteroatoms. The van der Waals surface area contributed by atoms with Crippen molar-refractivity contribution in [2.75, 3.05) is 19.0 Å². The smallest absolute Gasteiger partial charge is 0.303 e. The summed E-state index contributed by atoms with van der Waals surface area (Å²) in [6.07, 6.45) is 3.04. The number of carbonyl (C=O) groups is 2. The summed E-state index contributed by atoms with van der Waals surface area (Å²) < 4.78 is 35.5. The van der Waals surface area contributed by atoms with Gasteiger partial charge in [0, 0.05) is 19.7 Å². The molecule has 0 aliphatic carbocycles. The van der Waals surface area contributed by atoms with Crippen molar-refractivity contribution >= 4 is 21.9 Å². The Balaban J connectivity index is 2.49. The first kappa shape index (κ1) is 20.0. The van der Waals surface area contributed by atoms with E-state index in [-0.39, 0.29) is 24.5 Å². The highest BCUT2D eigenvalue weighted by Crippen LogP contribution is 2.03. The maximum atomic E-state index is 11.9. The van der Waals surface area contributed by atoms with Gasteiger partial charge in [0.2, 0.25) is 10.0 Å². The van der Waals surface area contributed by atoms with E-state index < -0.39 is 21.9 Å². The van der Waals surface area contributed by atoms with E-state index >= 15 is 0 Å². The average Bonchev–Trinajstić information content (AvgIpc) is 2.52. The van der Waals surface area contributed by atoms with Gasteiger partial charge in [-0.25, -0.2) is 13.1 Å². The molecule has 1 N–H and O–H groups in total. The van der Waals surface area contributed by atoms with Gasteiger partial charge in [0.05, 0.1) is 23.6 Å². The topological polar surface area (TPSA) is 112 Å². The second-order valence-corrected chi connectivity index (χ2v) is 6.88. The van der Waals surface area contributed by atoms with E-state index in [1.165, 1.54) is 25.3 Å². The van der Waals surface area contributed by atoms with Crippen molar-refractivity contribution in [3.05, 3.63) is 29.6 Å². The van der Waals surface area contributed by atoms with Gasteiger partial charge in [-0.15, -0.1) is 0 Å². The third kappa shape index (κ3) is 8.02. The fourth-order valence-electron chi connectivity index (χ4n) is 1.59. The molecule has 1 heterocycles. The Morgan fingerprint density at radius 1 is 1.25 bits per heavy atom. The molecule has 1 rings (SSSR count). The highest BCUT2D eigenvalue weighted by molar-refractivity contribution is 7.90. The number of carbonyl (C=O) groups excluding carboxylic acids is 2. The summed E-state index contributed by atoms with van der Waals surface area (Å²) in [7, 11) is -3.77. The van der Waals surface area contributed by atoms with Gasteiger partial charge >= 0.3 is 5.97 Å². The molecule has 8 nitrogen and oxygen atoms in total. The maximum absolute atomic E-state index is 11.9. The number of pyridine rings is 1. The van der Waals surface area contributed by atoms with E-state index in [9.17, 15) is 18.0 Å². The van der Waals surface area contributed by atoms with E-state index in [0.29, 0.717) is 12.3 Å². The van der Waals surface area contributed by atoms with Gasteiger partial charge in [-0.1, -0.05) is 13.3 Å². The van der Waals surface area contributed by atoms with E-state index in [0.717, 1.165) is 12.8 Å². The number of rotatable bonds is 10. The predicted molar refractivity (Wildman–Crippen MR) is 86.7 cm³/mol. The van der Waals surface area contributed by atoms with Crippen LogP contribution in [0.25, 0.3) is 0 Å². The molecular weight excluding hydrogens is 336 g/mol. The summed E-state index contributed by atoms with van der Waals surface area (Å²) in [6.45, 7) is 3.80. The molecule has 0 bridgehead atoms. The van der Waals surface area contributed by atoms with Crippen LogP contribution >= 0.6 is 0 Å². The molecule has 0 unspecified atom stereocenters. The molecule has 0 saturated carbocycles. The van der Waals surface area contributed by atoms with E-state index in [2.05, 4.69) is 4.98 Å².